The Morgan fingerprint density at radius 3 is 2.78 bits per heavy atom. The second kappa shape index (κ2) is 11.4. The van der Waals surface area contributed by atoms with E-state index in [0.717, 1.165) is 44.3 Å². The molecule has 1 unspecified atom stereocenters. The van der Waals surface area contributed by atoms with Crippen molar-refractivity contribution in [2.45, 2.75) is 50.5 Å². The van der Waals surface area contributed by atoms with Crippen LogP contribution in [0.15, 0.2) is 18.2 Å². The first kappa shape index (κ1) is 24.4. The third kappa shape index (κ3) is 6.73. The van der Waals surface area contributed by atoms with Crippen molar-refractivity contribution in [3.63, 3.8) is 0 Å². The number of benzene rings is 1. The topological polar surface area (TPSA) is 67.6 Å². The number of nitrogens with one attached hydrogen (secondary N) is 1. The molecule has 0 radical (unpaired) electrons. The summed E-state index contributed by atoms with van der Waals surface area (Å²) < 4.78 is 18.8. The van der Waals surface area contributed by atoms with Crippen molar-refractivity contribution in [2.24, 2.45) is 5.73 Å². The molecule has 0 saturated carbocycles. The van der Waals surface area contributed by atoms with Crippen LogP contribution in [0.3, 0.4) is 0 Å². The van der Waals surface area contributed by atoms with E-state index in [1.165, 1.54) is 12.1 Å². The molecule has 3 rings (SSSR count). The Bertz CT molecular complexity index is 624. The molecular formula is C18H27Cl3FN3O2. The minimum atomic E-state index is -0.379. The van der Waals surface area contributed by atoms with E-state index < -0.39 is 0 Å². The summed E-state index contributed by atoms with van der Waals surface area (Å²) in [5.41, 5.74) is 6.50. The van der Waals surface area contributed by atoms with E-state index in [9.17, 15) is 9.18 Å². The van der Waals surface area contributed by atoms with Crippen LogP contribution in [-0.4, -0.2) is 48.7 Å². The summed E-state index contributed by atoms with van der Waals surface area (Å²) in [7, 11) is 0. The molecule has 9 heteroatoms. The number of amides is 1. The molecule has 2 heterocycles. The Morgan fingerprint density at radius 1 is 1.33 bits per heavy atom. The van der Waals surface area contributed by atoms with Gasteiger partial charge >= 0.3 is 0 Å². The van der Waals surface area contributed by atoms with Crippen LogP contribution in [0.4, 0.5) is 4.39 Å². The number of carbonyl (C=O) groups excluding carboxylic acids is 1. The van der Waals surface area contributed by atoms with Gasteiger partial charge in [0.1, 0.15) is 11.9 Å². The lowest BCUT2D eigenvalue weighted by Gasteiger charge is -2.33. The second-order valence-corrected chi connectivity index (χ2v) is 7.29. The highest BCUT2D eigenvalue weighted by Gasteiger charge is 2.32. The summed E-state index contributed by atoms with van der Waals surface area (Å²) in [5.74, 6) is -0.368. The number of rotatable bonds is 5. The Morgan fingerprint density at radius 2 is 2.11 bits per heavy atom. The number of hydrogen-bond acceptors (Lipinski definition) is 4. The van der Waals surface area contributed by atoms with Gasteiger partial charge in [-0.05, 0) is 49.9 Å². The molecule has 5 nitrogen and oxygen atoms in total. The molecule has 3 atom stereocenters. The number of ether oxygens (including phenoxy) is 1. The second-order valence-electron chi connectivity index (χ2n) is 6.88. The molecule has 1 amide bonds. The normalized spacial score (nSPS) is 25.4. The molecule has 2 aliphatic rings. The van der Waals surface area contributed by atoms with Gasteiger partial charge < -0.3 is 15.8 Å². The van der Waals surface area contributed by atoms with E-state index >= 15 is 0 Å². The first-order valence-electron chi connectivity index (χ1n) is 8.87. The molecular weight excluding hydrogens is 416 g/mol. The summed E-state index contributed by atoms with van der Waals surface area (Å²) in [6.45, 7) is 2.81. The van der Waals surface area contributed by atoms with Gasteiger partial charge in [-0.15, -0.1) is 24.8 Å². The average Bonchev–Trinajstić information content (AvgIpc) is 3.07. The minimum Gasteiger partial charge on any atom is -0.364 e. The predicted molar refractivity (Wildman–Crippen MR) is 109 cm³/mol. The maximum absolute atomic E-state index is 13.2. The number of carbonyl (C=O) groups is 1. The van der Waals surface area contributed by atoms with Crippen LogP contribution >= 0.6 is 36.4 Å². The minimum absolute atomic E-state index is 0. The number of hydrogen-bond donors (Lipinski definition) is 2. The van der Waals surface area contributed by atoms with E-state index in [1.807, 2.05) is 0 Å². The lowest BCUT2D eigenvalue weighted by Crippen LogP contribution is -2.50. The van der Waals surface area contributed by atoms with Gasteiger partial charge in [-0.3, -0.25) is 9.69 Å². The smallest absolute Gasteiger partial charge is 0.249 e. The molecule has 2 saturated heterocycles. The molecule has 3 N–H and O–H groups in total. The zero-order valence-corrected chi connectivity index (χ0v) is 17.4. The van der Waals surface area contributed by atoms with Gasteiger partial charge in [0.25, 0.3) is 0 Å². The van der Waals surface area contributed by atoms with Crippen LogP contribution in [0.2, 0.25) is 5.02 Å². The van der Waals surface area contributed by atoms with Crippen molar-refractivity contribution in [3.8, 4) is 0 Å². The van der Waals surface area contributed by atoms with Crippen molar-refractivity contribution in [1.29, 1.82) is 0 Å². The summed E-state index contributed by atoms with van der Waals surface area (Å²) in [4.78, 5) is 14.6. The van der Waals surface area contributed by atoms with Gasteiger partial charge in [0, 0.05) is 30.7 Å². The first-order chi connectivity index (χ1) is 12.0. The monoisotopic (exact) mass is 441 g/mol. The molecule has 1 aromatic rings. The van der Waals surface area contributed by atoms with Crippen LogP contribution in [0.5, 0.6) is 0 Å². The lowest BCUT2D eigenvalue weighted by atomic mass is 10.0. The Balaban J connectivity index is 0.00000182. The van der Waals surface area contributed by atoms with Crippen molar-refractivity contribution in [1.82, 2.24) is 10.2 Å². The van der Waals surface area contributed by atoms with Gasteiger partial charge in [-0.2, -0.15) is 0 Å². The molecule has 27 heavy (non-hydrogen) atoms. The molecule has 1 aromatic carbocycles. The largest absolute Gasteiger partial charge is 0.364 e. The summed E-state index contributed by atoms with van der Waals surface area (Å²) in [6, 6.07) is 4.58. The number of likely N-dealkylation sites (tertiary alicyclic amines) is 1. The van der Waals surface area contributed by atoms with E-state index in [0.29, 0.717) is 18.1 Å². The third-order valence-electron chi connectivity index (χ3n) is 4.92. The molecule has 0 spiro atoms. The fraction of sp³-hybridized carbons (Fsp3) is 0.611. The zero-order valence-electron chi connectivity index (χ0n) is 15.0. The third-order valence-corrected chi connectivity index (χ3v) is 5.28. The van der Waals surface area contributed by atoms with Crippen molar-refractivity contribution < 1.29 is 13.9 Å². The lowest BCUT2D eigenvalue weighted by molar-refractivity contribution is -0.133. The van der Waals surface area contributed by atoms with Gasteiger partial charge in [0.2, 0.25) is 5.91 Å². The highest BCUT2D eigenvalue weighted by molar-refractivity contribution is 6.31. The van der Waals surface area contributed by atoms with E-state index in [4.69, 9.17) is 22.1 Å². The molecule has 2 aliphatic heterocycles. The number of halogens is 4. The first-order valence-corrected chi connectivity index (χ1v) is 9.25. The number of piperidine rings is 1. The van der Waals surface area contributed by atoms with E-state index in [2.05, 4.69) is 10.2 Å². The summed E-state index contributed by atoms with van der Waals surface area (Å²) in [6.07, 6.45) is 3.14. The van der Waals surface area contributed by atoms with Crippen molar-refractivity contribution in [3.05, 3.63) is 34.6 Å². The van der Waals surface area contributed by atoms with Crippen LogP contribution in [0.1, 0.15) is 31.2 Å². The van der Waals surface area contributed by atoms with Crippen LogP contribution in [0.25, 0.3) is 0 Å². The molecule has 2 fully saturated rings. The van der Waals surface area contributed by atoms with Gasteiger partial charge in [-0.1, -0.05) is 17.7 Å². The van der Waals surface area contributed by atoms with Crippen LogP contribution in [-0.2, 0) is 16.1 Å². The molecule has 0 aliphatic carbocycles. The van der Waals surface area contributed by atoms with Gasteiger partial charge in [-0.25, -0.2) is 4.39 Å². The average molecular weight is 443 g/mol. The maximum atomic E-state index is 13.2. The maximum Gasteiger partial charge on any atom is 0.249 e. The highest BCUT2D eigenvalue weighted by atomic mass is 35.5. The Labute approximate surface area is 176 Å². The molecule has 0 bridgehead atoms. The SMILES string of the molecule is Cl.Cl.NC[C@H]1CC[C@@H](C(=O)NC2CCCN(Cc3ccc(F)cc3Cl)C2)O1. The standard InChI is InChI=1S/C18H25ClFN3O2.2ClH/c19-16-8-13(20)4-3-12(16)10-23-7-1-2-14(11-23)22-18(24)17-6-5-15(9-21)25-17;;/h3-4,8,14-15,17H,1-2,5-7,9-11,21H2,(H,22,24);2*1H/t14?,15-,17+;;/m1../s1. The Hall–Kier alpha value is -0.630. The quantitative estimate of drug-likeness (QED) is 0.736. The summed E-state index contributed by atoms with van der Waals surface area (Å²) >= 11 is 6.12. The highest BCUT2D eigenvalue weighted by Crippen LogP contribution is 2.22. The Kier molecular flexibility index (Phi) is 10.3. The summed E-state index contributed by atoms with van der Waals surface area (Å²) in [5, 5.41) is 3.55. The van der Waals surface area contributed by atoms with E-state index in [1.54, 1.807) is 6.07 Å². The van der Waals surface area contributed by atoms with Gasteiger partial charge in [0.05, 0.1) is 6.10 Å². The number of nitrogens with zero attached hydrogens (tertiary/aromatic N) is 1. The van der Waals surface area contributed by atoms with Crippen molar-refractivity contribution >= 4 is 42.3 Å². The molecule has 0 aromatic heterocycles. The predicted octanol–water partition coefficient (Wildman–Crippen LogP) is 2.91. The fourth-order valence-corrected chi connectivity index (χ4v) is 3.80. The fourth-order valence-electron chi connectivity index (χ4n) is 3.57. The van der Waals surface area contributed by atoms with Crippen LogP contribution in [0, 0.1) is 5.82 Å². The van der Waals surface area contributed by atoms with Crippen molar-refractivity contribution in [2.75, 3.05) is 19.6 Å². The van der Waals surface area contributed by atoms with Gasteiger partial charge in [0.15, 0.2) is 0 Å². The van der Waals surface area contributed by atoms with Crippen LogP contribution < -0.4 is 11.1 Å². The molecule has 154 valence electrons. The van der Waals surface area contributed by atoms with E-state index in [-0.39, 0.29) is 54.8 Å². The number of nitrogens with two attached hydrogens (primary N) is 1. The zero-order chi connectivity index (χ0) is 17.8.